The molecular formula is C19H19NO3. The zero-order chi connectivity index (χ0) is 16.3. The largest absolute Gasteiger partial charge is 0.478 e. The van der Waals surface area contributed by atoms with E-state index < -0.39 is 5.97 Å². The van der Waals surface area contributed by atoms with Gasteiger partial charge in [-0.2, -0.15) is 0 Å². The molecule has 0 aromatic heterocycles. The molecule has 0 bridgehead atoms. The molecule has 0 radical (unpaired) electrons. The van der Waals surface area contributed by atoms with Crippen molar-refractivity contribution < 1.29 is 14.7 Å². The second-order valence-corrected chi connectivity index (χ2v) is 6.11. The average molecular weight is 309 g/mol. The topological polar surface area (TPSA) is 66.4 Å². The van der Waals surface area contributed by atoms with Crippen molar-refractivity contribution in [3.63, 3.8) is 0 Å². The summed E-state index contributed by atoms with van der Waals surface area (Å²) in [4.78, 5) is 23.1. The van der Waals surface area contributed by atoms with Crippen LogP contribution in [0.25, 0.3) is 0 Å². The van der Waals surface area contributed by atoms with Gasteiger partial charge < -0.3 is 10.4 Å². The van der Waals surface area contributed by atoms with Crippen molar-refractivity contribution in [3.05, 3.63) is 71.3 Å². The molecule has 1 fully saturated rings. The monoisotopic (exact) mass is 309 g/mol. The van der Waals surface area contributed by atoms with E-state index in [9.17, 15) is 9.59 Å². The second-order valence-electron chi connectivity index (χ2n) is 6.11. The van der Waals surface area contributed by atoms with Crippen LogP contribution < -0.4 is 5.32 Å². The first-order valence-electron chi connectivity index (χ1n) is 7.74. The van der Waals surface area contributed by atoms with E-state index >= 15 is 0 Å². The number of nitrogens with one attached hydrogen (secondary N) is 1. The van der Waals surface area contributed by atoms with E-state index in [2.05, 4.69) is 17.4 Å². The fraction of sp³-hybridized carbons (Fsp3) is 0.263. The Bertz CT molecular complexity index is 720. The van der Waals surface area contributed by atoms with E-state index in [-0.39, 0.29) is 23.3 Å². The maximum atomic E-state index is 12.1. The third-order valence-corrected chi connectivity index (χ3v) is 4.40. The number of hydrogen-bond donors (Lipinski definition) is 2. The fourth-order valence-corrected chi connectivity index (χ4v) is 2.84. The Morgan fingerprint density at radius 2 is 1.78 bits per heavy atom. The molecule has 0 heterocycles. The highest BCUT2D eigenvalue weighted by Gasteiger charge is 2.44. The molecule has 1 aliphatic carbocycles. The van der Waals surface area contributed by atoms with Crippen LogP contribution in [0.1, 0.15) is 34.3 Å². The molecule has 23 heavy (non-hydrogen) atoms. The Morgan fingerprint density at radius 3 is 2.43 bits per heavy atom. The molecule has 0 atom stereocenters. The number of carbonyl (C=O) groups is 2. The quantitative estimate of drug-likeness (QED) is 0.862. The molecule has 2 N–H and O–H groups in total. The van der Waals surface area contributed by atoms with E-state index in [0.717, 1.165) is 12.8 Å². The predicted octanol–water partition coefficient (Wildman–Crippen LogP) is 2.78. The van der Waals surface area contributed by atoms with Gasteiger partial charge in [-0.25, -0.2) is 4.79 Å². The third-order valence-electron chi connectivity index (χ3n) is 4.40. The summed E-state index contributed by atoms with van der Waals surface area (Å²) >= 11 is 0. The van der Waals surface area contributed by atoms with Crippen LogP contribution >= 0.6 is 0 Å². The summed E-state index contributed by atoms with van der Waals surface area (Å²) in [5.41, 5.74) is 2.28. The minimum absolute atomic E-state index is 0.0743. The zero-order valence-corrected chi connectivity index (χ0v) is 12.8. The van der Waals surface area contributed by atoms with Crippen molar-refractivity contribution in [2.75, 3.05) is 6.54 Å². The van der Waals surface area contributed by atoms with Crippen molar-refractivity contribution >= 4 is 11.9 Å². The van der Waals surface area contributed by atoms with Crippen LogP contribution in [-0.4, -0.2) is 23.5 Å². The first-order valence-corrected chi connectivity index (χ1v) is 7.74. The van der Waals surface area contributed by atoms with Gasteiger partial charge in [0.25, 0.3) is 0 Å². The first-order chi connectivity index (χ1) is 11.1. The van der Waals surface area contributed by atoms with Crippen molar-refractivity contribution in [1.82, 2.24) is 5.32 Å². The highest BCUT2D eigenvalue weighted by molar-refractivity contribution is 5.88. The van der Waals surface area contributed by atoms with Gasteiger partial charge >= 0.3 is 5.97 Å². The Morgan fingerprint density at radius 1 is 1.04 bits per heavy atom. The van der Waals surface area contributed by atoms with Crippen LogP contribution in [0, 0.1) is 0 Å². The number of benzene rings is 2. The minimum Gasteiger partial charge on any atom is -0.478 e. The number of hydrogen-bond acceptors (Lipinski definition) is 2. The maximum Gasteiger partial charge on any atom is 0.335 e. The van der Waals surface area contributed by atoms with Crippen LogP contribution in [0.15, 0.2) is 54.6 Å². The van der Waals surface area contributed by atoms with Gasteiger partial charge in [-0.1, -0.05) is 42.5 Å². The van der Waals surface area contributed by atoms with Crippen molar-refractivity contribution in [1.29, 1.82) is 0 Å². The lowest BCUT2D eigenvalue weighted by Crippen LogP contribution is -2.33. The third kappa shape index (κ3) is 3.59. The van der Waals surface area contributed by atoms with Crippen molar-refractivity contribution in [2.45, 2.75) is 24.7 Å². The fourth-order valence-electron chi connectivity index (χ4n) is 2.84. The van der Waals surface area contributed by atoms with Gasteiger partial charge in [0.15, 0.2) is 0 Å². The lowest BCUT2D eigenvalue weighted by atomic mass is 9.96. The smallest absolute Gasteiger partial charge is 0.335 e. The molecule has 2 aromatic rings. The van der Waals surface area contributed by atoms with Crippen molar-refractivity contribution in [3.8, 4) is 0 Å². The molecule has 3 rings (SSSR count). The van der Waals surface area contributed by atoms with Crippen LogP contribution in [0.3, 0.4) is 0 Å². The normalized spacial score (nSPS) is 15.0. The van der Waals surface area contributed by atoms with Gasteiger partial charge in [0.2, 0.25) is 5.91 Å². The van der Waals surface area contributed by atoms with Crippen LogP contribution in [0.5, 0.6) is 0 Å². The lowest BCUT2D eigenvalue weighted by Gasteiger charge is -2.16. The molecule has 4 nitrogen and oxygen atoms in total. The minimum atomic E-state index is -0.978. The molecule has 2 aromatic carbocycles. The van der Waals surface area contributed by atoms with Gasteiger partial charge in [-0.15, -0.1) is 0 Å². The van der Waals surface area contributed by atoms with Crippen LogP contribution in [0.2, 0.25) is 0 Å². The van der Waals surface area contributed by atoms with E-state index in [1.54, 1.807) is 18.2 Å². The Hall–Kier alpha value is -2.62. The molecule has 1 aliphatic rings. The molecule has 1 amide bonds. The van der Waals surface area contributed by atoms with Gasteiger partial charge in [0.1, 0.15) is 0 Å². The number of amides is 1. The summed E-state index contributed by atoms with van der Waals surface area (Å²) in [6, 6.07) is 16.8. The molecule has 0 spiro atoms. The molecule has 0 unspecified atom stereocenters. The summed E-state index contributed by atoms with van der Waals surface area (Å²) in [7, 11) is 0. The summed E-state index contributed by atoms with van der Waals surface area (Å²) in [5.74, 6) is -1.05. The number of carbonyl (C=O) groups excluding carboxylic acids is 1. The van der Waals surface area contributed by atoms with Crippen molar-refractivity contribution in [2.24, 2.45) is 0 Å². The molecule has 0 aliphatic heterocycles. The average Bonchev–Trinajstić information content (AvgIpc) is 3.35. The van der Waals surface area contributed by atoms with Crippen LogP contribution in [0.4, 0.5) is 0 Å². The maximum absolute atomic E-state index is 12.1. The van der Waals surface area contributed by atoms with E-state index in [1.165, 1.54) is 11.6 Å². The number of aromatic carboxylic acids is 1. The lowest BCUT2D eigenvalue weighted by molar-refractivity contribution is -0.120. The summed E-state index contributed by atoms with van der Waals surface area (Å²) < 4.78 is 0. The van der Waals surface area contributed by atoms with E-state index in [0.29, 0.717) is 12.1 Å². The van der Waals surface area contributed by atoms with Crippen LogP contribution in [-0.2, 0) is 16.6 Å². The summed E-state index contributed by atoms with van der Waals surface area (Å²) in [6.07, 6.45) is 2.38. The van der Waals surface area contributed by atoms with E-state index in [4.69, 9.17) is 5.11 Å². The van der Waals surface area contributed by atoms with Gasteiger partial charge in [0.05, 0.1) is 12.0 Å². The Balaban J connectivity index is 1.58. The SMILES string of the molecule is O=C(Cc1cccc(C(=O)O)c1)NCC1(c2ccccc2)CC1. The zero-order valence-electron chi connectivity index (χ0n) is 12.8. The first kappa shape index (κ1) is 15.3. The van der Waals surface area contributed by atoms with Gasteiger partial charge in [-0.3, -0.25) is 4.79 Å². The summed E-state index contributed by atoms with van der Waals surface area (Å²) in [6.45, 7) is 0.633. The Kier molecular flexibility index (Phi) is 4.15. The van der Waals surface area contributed by atoms with Gasteiger partial charge in [-0.05, 0) is 36.1 Å². The molecule has 4 heteroatoms. The highest BCUT2D eigenvalue weighted by Crippen LogP contribution is 2.47. The van der Waals surface area contributed by atoms with Gasteiger partial charge in [0, 0.05) is 12.0 Å². The number of carboxylic acid groups (broad SMARTS) is 1. The predicted molar refractivity (Wildman–Crippen MR) is 87.5 cm³/mol. The summed E-state index contributed by atoms with van der Waals surface area (Å²) in [5, 5.41) is 12.0. The molecular weight excluding hydrogens is 290 g/mol. The standard InChI is InChI=1S/C19H19NO3/c21-17(12-14-5-4-6-15(11-14)18(22)23)20-13-19(9-10-19)16-7-2-1-3-8-16/h1-8,11H,9-10,12-13H2,(H,20,21)(H,22,23). The Labute approximate surface area is 135 Å². The molecule has 118 valence electrons. The second kappa shape index (κ2) is 6.24. The highest BCUT2D eigenvalue weighted by atomic mass is 16.4. The number of carboxylic acids is 1. The molecule has 1 saturated carbocycles. The van der Waals surface area contributed by atoms with E-state index in [1.807, 2.05) is 18.2 Å². The molecule has 0 saturated heterocycles. The number of rotatable bonds is 6.